The molecule has 0 saturated heterocycles. The van der Waals surface area contributed by atoms with Gasteiger partial charge in [-0.3, -0.25) is 4.79 Å². The molecule has 0 bridgehead atoms. The van der Waals surface area contributed by atoms with Crippen molar-refractivity contribution in [2.24, 2.45) is 0 Å². The van der Waals surface area contributed by atoms with E-state index in [-0.39, 0.29) is 12.5 Å². The van der Waals surface area contributed by atoms with E-state index in [4.69, 9.17) is 0 Å². The van der Waals surface area contributed by atoms with E-state index in [1.165, 1.54) is 276 Å². The van der Waals surface area contributed by atoms with Crippen molar-refractivity contribution >= 4 is 5.91 Å². The maximum absolute atomic E-state index is 12.5. The Kier molecular flexibility index (Phi) is 53.2. The van der Waals surface area contributed by atoms with Crippen molar-refractivity contribution in [3.63, 3.8) is 0 Å². The lowest BCUT2D eigenvalue weighted by Gasteiger charge is -2.20. The van der Waals surface area contributed by atoms with Crippen LogP contribution in [0, 0.1) is 0 Å². The summed E-state index contributed by atoms with van der Waals surface area (Å²) in [5, 5.41) is 23.2. The van der Waals surface area contributed by atoms with E-state index in [9.17, 15) is 15.0 Å². The normalized spacial score (nSPS) is 12.9. The van der Waals surface area contributed by atoms with E-state index in [0.717, 1.165) is 25.7 Å². The Hall–Kier alpha value is -1.13. The van der Waals surface area contributed by atoms with Crippen LogP contribution in [0.5, 0.6) is 0 Å². The zero-order chi connectivity index (χ0) is 44.9. The molecular weight excluding hydrogens is 759 g/mol. The van der Waals surface area contributed by atoms with Gasteiger partial charge in [0.05, 0.1) is 18.8 Å². The molecule has 62 heavy (non-hydrogen) atoms. The van der Waals surface area contributed by atoms with Gasteiger partial charge >= 0.3 is 0 Å². The summed E-state index contributed by atoms with van der Waals surface area (Å²) >= 11 is 0. The van der Waals surface area contributed by atoms with Crippen LogP contribution in [0.3, 0.4) is 0 Å². The number of allylic oxidation sites excluding steroid dienone is 3. The van der Waals surface area contributed by atoms with Gasteiger partial charge in [0.15, 0.2) is 0 Å². The van der Waals surface area contributed by atoms with Crippen LogP contribution in [0.1, 0.15) is 322 Å². The maximum Gasteiger partial charge on any atom is 0.220 e. The van der Waals surface area contributed by atoms with Crippen LogP contribution in [-0.2, 0) is 4.79 Å². The van der Waals surface area contributed by atoms with E-state index in [1.807, 2.05) is 6.08 Å². The Balaban J connectivity index is 3.46. The summed E-state index contributed by atoms with van der Waals surface area (Å²) in [5.41, 5.74) is 0. The van der Waals surface area contributed by atoms with Crippen LogP contribution in [0.2, 0.25) is 0 Å². The second kappa shape index (κ2) is 54.2. The van der Waals surface area contributed by atoms with Gasteiger partial charge < -0.3 is 15.5 Å². The van der Waals surface area contributed by atoms with Crippen LogP contribution < -0.4 is 5.32 Å². The Morgan fingerprint density at radius 3 is 0.887 bits per heavy atom. The second-order valence-corrected chi connectivity index (χ2v) is 19.7. The molecule has 2 atom stereocenters. The minimum Gasteiger partial charge on any atom is -0.394 e. The summed E-state index contributed by atoms with van der Waals surface area (Å²) < 4.78 is 0. The number of aliphatic hydroxyl groups is 2. The molecular formula is C58H113NO3. The van der Waals surface area contributed by atoms with Crippen molar-refractivity contribution in [2.45, 2.75) is 334 Å². The van der Waals surface area contributed by atoms with Crippen LogP contribution in [0.4, 0.5) is 0 Å². The third-order valence-corrected chi connectivity index (χ3v) is 13.4. The highest BCUT2D eigenvalue weighted by molar-refractivity contribution is 5.76. The molecule has 2 unspecified atom stereocenters. The minimum atomic E-state index is -0.838. The fourth-order valence-electron chi connectivity index (χ4n) is 9.06. The Labute approximate surface area is 389 Å². The number of carbonyl (C=O) groups is 1. The maximum atomic E-state index is 12.5. The molecule has 0 aliphatic carbocycles. The van der Waals surface area contributed by atoms with Crippen molar-refractivity contribution in [2.75, 3.05) is 6.61 Å². The van der Waals surface area contributed by atoms with Gasteiger partial charge in [0.25, 0.3) is 0 Å². The SMILES string of the molecule is CCCCCCCCCCCCCC/C=C\CCCCCCCCCCCCCCCC(=O)NC(CO)C(O)/C=C/CCCCCCCCCCCCCCCCCCCCC. The van der Waals surface area contributed by atoms with Gasteiger partial charge in [-0.2, -0.15) is 0 Å². The number of carbonyl (C=O) groups excluding carboxylic acids is 1. The molecule has 0 aliphatic heterocycles. The third-order valence-electron chi connectivity index (χ3n) is 13.4. The fourth-order valence-corrected chi connectivity index (χ4v) is 9.06. The van der Waals surface area contributed by atoms with Gasteiger partial charge in [-0.05, 0) is 44.9 Å². The molecule has 0 fully saturated rings. The zero-order valence-electron chi connectivity index (χ0n) is 42.4. The summed E-state index contributed by atoms with van der Waals surface area (Å²) in [7, 11) is 0. The van der Waals surface area contributed by atoms with Gasteiger partial charge in [-0.1, -0.05) is 295 Å². The highest BCUT2D eigenvalue weighted by Crippen LogP contribution is 2.17. The van der Waals surface area contributed by atoms with E-state index in [2.05, 4.69) is 31.3 Å². The number of aliphatic hydroxyl groups excluding tert-OH is 2. The van der Waals surface area contributed by atoms with Gasteiger partial charge in [0.2, 0.25) is 5.91 Å². The molecule has 4 heteroatoms. The van der Waals surface area contributed by atoms with Crippen LogP contribution in [-0.4, -0.2) is 34.9 Å². The van der Waals surface area contributed by atoms with E-state index in [1.54, 1.807) is 6.08 Å². The Bertz CT molecular complexity index is 901. The third kappa shape index (κ3) is 49.9. The monoisotopic (exact) mass is 872 g/mol. The first kappa shape index (κ1) is 60.9. The largest absolute Gasteiger partial charge is 0.394 e. The van der Waals surface area contributed by atoms with Crippen molar-refractivity contribution in [1.82, 2.24) is 5.32 Å². The first-order valence-electron chi connectivity index (χ1n) is 28.6. The van der Waals surface area contributed by atoms with E-state index >= 15 is 0 Å². The van der Waals surface area contributed by atoms with Crippen molar-refractivity contribution < 1.29 is 15.0 Å². The number of rotatable bonds is 53. The Morgan fingerprint density at radius 1 is 0.371 bits per heavy atom. The molecule has 0 radical (unpaired) electrons. The predicted octanol–water partition coefficient (Wildman–Crippen LogP) is 18.7. The van der Waals surface area contributed by atoms with Crippen LogP contribution in [0.15, 0.2) is 24.3 Å². The van der Waals surface area contributed by atoms with Crippen LogP contribution >= 0.6 is 0 Å². The predicted molar refractivity (Wildman–Crippen MR) is 276 cm³/mol. The summed E-state index contributed by atoms with van der Waals surface area (Å²) in [6.07, 6.45) is 72.0. The number of amides is 1. The highest BCUT2D eigenvalue weighted by Gasteiger charge is 2.18. The lowest BCUT2D eigenvalue weighted by atomic mass is 10.0. The average Bonchev–Trinajstić information content (AvgIpc) is 3.28. The van der Waals surface area contributed by atoms with Crippen molar-refractivity contribution in [1.29, 1.82) is 0 Å². The summed E-state index contributed by atoms with van der Waals surface area (Å²) in [4.78, 5) is 12.5. The molecule has 0 aromatic carbocycles. The van der Waals surface area contributed by atoms with Crippen molar-refractivity contribution in [3.05, 3.63) is 24.3 Å². The molecule has 3 N–H and O–H groups in total. The standard InChI is InChI=1S/C58H113NO3/c1-3-5-7-9-11-13-15-17-19-21-23-25-26-27-28-29-30-31-32-34-36-38-40-42-44-46-48-50-52-54-58(62)59-56(55-60)57(61)53-51-49-47-45-43-41-39-37-35-33-24-22-20-18-16-14-12-10-8-6-4-2/h27-28,51,53,56-57,60-61H,3-26,29-50,52,54-55H2,1-2H3,(H,59,62)/b28-27-,53-51+. The van der Waals surface area contributed by atoms with Crippen LogP contribution in [0.25, 0.3) is 0 Å². The molecule has 0 saturated carbocycles. The molecule has 4 nitrogen and oxygen atoms in total. The van der Waals surface area contributed by atoms with E-state index < -0.39 is 12.1 Å². The highest BCUT2D eigenvalue weighted by atomic mass is 16.3. The quantitative estimate of drug-likeness (QED) is 0.0421. The second-order valence-electron chi connectivity index (χ2n) is 19.7. The molecule has 368 valence electrons. The zero-order valence-corrected chi connectivity index (χ0v) is 42.4. The minimum absolute atomic E-state index is 0.0585. The summed E-state index contributed by atoms with van der Waals surface area (Å²) in [6, 6.07) is -0.621. The fraction of sp³-hybridized carbons (Fsp3) is 0.914. The number of nitrogens with one attached hydrogen (secondary N) is 1. The summed E-state index contributed by atoms with van der Waals surface area (Å²) in [6.45, 7) is 4.35. The van der Waals surface area contributed by atoms with Gasteiger partial charge in [-0.25, -0.2) is 0 Å². The van der Waals surface area contributed by atoms with Gasteiger partial charge in [-0.15, -0.1) is 0 Å². The van der Waals surface area contributed by atoms with Gasteiger partial charge in [0.1, 0.15) is 0 Å². The molecule has 0 heterocycles. The molecule has 0 spiro atoms. The molecule has 0 aromatic heterocycles. The Morgan fingerprint density at radius 2 is 0.613 bits per heavy atom. The molecule has 0 aliphatic rings. The lowest BCUT2D eigenvalue weighted by Crippen LogP contribution is -2.45. The molecule has 0 aromatic rings. The van der Waals surface area contributed by atoms with Crippen molar-refractivity contribution in [3.8, 4) is 0 Å². The first-order valence-corrected chi connectivity index (χ1v) is 28.6. The number of hydrogen-bond donors (Lipinski definition) is 3. The first-order chi connectivity index (χ1) is 30.7. The lowest BCUT2D eigenvalue weighted by molar-refractivity contribution is -0.123. The summed E-state index contributed by atoms with van der Waals surface area (Å²) in [5.74, 6) is -0.0585. The topological polar surface area (TPSA) is 69.6 Å². The average molecular weight is 873 g/mol. The number of unbranched alkanes of at least 4 members (excludes halogenated alkanes) is 44. The smallest absolute Gasteiger partial charge is 0.220 e. The van der Waals surface area contributed by atoms with E-state index in [0.29, 0.717) is 6.42 Å². The molecule has 0 rings (SSSR count). The molecule has 1 amide bonds. The number of hydrogen-bond acceptors (Lipinski definition) is 3. The van der Waals surface area contributed by atoms with Gasteiger partial charge in [0, 0.05) is 6.42 Å².